The molecule has 11 heteroatoms. The number of aromatic nitrogens is 4. The van der Waals surface area contributed by atoms with Gasteiger partial charge in [-0.1, -0.05) is 6.92 Å². The van der Waals surface area contributed by atoms with Crippen LogP contribution >= 0.6 is 0 Å². The average Bonchev–Trinajstić information content (AvgIpc) is 2.84. The van der Waals surface area contributed by atoms with Crippen molar-refractivity contribution in [3.8, 4) is 11.3 Å². The highest BCUT2D eigenvalue weighted by atomic mass is 32.2. The Balaban J connectivity index is 1.62. The van der Waals surface area contributed by atoms with Gasteiger partial charge in [-0.2, -0.15) is 4.98 Å². The van der Waals surface area contributed by atoms with Crippen molar-refractivity contribution in [1.29, 1.82) is 0 Å². The van der Waals surface area contributed by atoms with Crippen molar-refractivity contribution in [2.24, 2.45) is 0 Å². The molecule has 0 amide bonds. The lowest BCUT2D eigenvalue weighted by Crippen LogP contribution is -2.36. The normalized spacial score (nSPS) is 18.5. The number of fused-ring (bicyclic) bond motifs is 1. The summed E-state index contributed by atoms with van der Waals surface area (Å²) in [6.07, 6.45) is 8.05. The Morgan fingerprint density at radius 1 is 1.11 bits per heavy atom. The summed E-state index contributed by atoms with van der Waals surface area (Å²) in [7, 11) is 0.837. The topological polar surface area (TPSA) is 122 Å². The fourth-order valence-corrected chi connectivity index (χ4v) is 6.00. The molecule has 0 aromatic carbocycles. The van der Waals surface area contributed by atoms with Gasteiger partial charge in [0.15, 0.2) is 0 Å². The molecule has 1 saturated carbocycles. The Hall–Kier alpha value is -3.05. The molecule has 37 heavy (non-hydrogen) atoms. The van der Waals surface area contributed by atoms with Crippen LogP contribution in [0.15, 0.2) is 35.4 Å². The summed E-state index contributed by atoms with van der Waals surface area (Å²) >= 11 is 0. The summed E-state index contributed by atoms with van der Waals surface area (Å²) in [6, 6.07) is 5.81. The fourth-order valence-electron chi connectivity index (χ4n) is 4.88. The summed E-state index contributed by atoms with van der Waals surface area (Å²) in [5.74, 6) is 0.566. The van der Waals surface area contributed by atoms with Crippen LogP contribution in [0.2, 0.25) is 0 Å². The van der Waals surface area contributed by atoms with Gasteiger partial charge in [0.1, 0.15) is 5.65 Å². The van der Waals surface area contributed by atoms with E-state index in [1.165, 1.54) is 6.20 Å². The second kappa shape index (κ2) is 11.1. The van der Waals surface area contributed by atoms with Crippen LogP contribution in [-0.2, 0) is 10.0 Å². The molecule has 0 bridgehead atoms. The molecule has 0 spiro atoms. The zero-order valence-corrected chi connectivity index (χ0v) is 23.0. The first-order chi connectivity index (χ1) is 17.6. The molecule has 1 fully saturated rings. The lowest BCUT2D eigenvalue weighted by molar-refractivity contribution is 0.221. The van der Waals surface area contributed by atoms with Crippen LogP contribution in [0.4, 0.5) is 11.6 Å². The third-order valence-electron chi connectivity index (χ3n) is 6.84. The lowest BCUT2D eigenvalue weighted by atomic mass is 9.91. The first-order valence-electron chi connectivity index (χ1n) is 12.9. The minimum atomic E-state index is -3.42. The van der Waals surface area contributed by atoms with E-state index in [2.05, 4.69) is 39.0 Å². The number of pyridine rings is 2. The largest absolute Gasteiger partial charge is 0.351 e. The second-order valence-electron chi connectivity index (χ2n) is 10.3. The minimum Gasteiger partial charge on any atom is -0.351 e. The van der Waals surface area contributed by atoms with Gasteiger partial charge in [-0.25, -0.2) is 13.4 Å². The molecule has 0 unspecified atom stereocenters. The Morgan fingerprint density at radius 2 is 1.84 bits per heavy atom. The van der Waals surface area contributed by atoms with E-state index in [4.69, 9.17) is 4.98 Å². The van der Waals surface area contributed by atoms with E-state index in [0.29, 0.717) is 47.0 Å². The van der Waals surface area contributed by atoms with Gasteiger partial charge in [0, 0.05) is 29.7 Å². The van der Waals surface area contributed by atoms with Crippen molar-refractivity contribution in [3.63, 3.8) is 0 Å². The van der Waals surface area contributed by atoms with Crippen LogP contribution in [0.3, 0.4) is 0 Å². The van der Waals surface area contributed by atoms with Gasteiger partial charge in [0.25, 0.3) is 5.56 Å². The van der Waals surface area contributed by atoms with Gasteiger partial charge in [0.05, 0.1) is 28.9 Å². The molecular formula is C26H37N7O3S. The maximum absolute atomic E-state index is 13.6. The SMILES string of the molecule is CCCS(=O)(=O)Nc1ccc(-c2cc3cnc(NC4CCC(N(C)C)CC4)nc3n(C(C)C)c2=O)nc1. The standard InChI is InChI=1S/C26H37N7O3S/c1-6-13-37(35,36)31-20-9-12-23(27-16-20)22-14-18-15-28-26(30-24(18)33(17(2)3)25(22)34)29-19-7-10-21(11-8-19)32(4)5/h9,12,14-17,19,21,31H,6-8,10-11,13H2,1-5H3,(H,28,29,30). The van der Waals surface area contributed by atoms with Gasteiger partial charge in [-0.15, -0.1) is 0 Å². The molecule has 1 aliphatic rings. The lowest BCUT2D eigenvalue weighted by Gasteiger charge is -2.33. The van der Waals surface area contributed by atoms with Crippen LogP contribution < -0.4 is 15.6 Å². The molecule has 0 radical (unpaired) electrons. The van der Waals surface area contributed by atoms with Crippen molar-refractivity contribution >= 4 is 32.7 Å². The summed E-state index contributed by atoms with van der Waals surface area (Å²) in [5.41, 5.74) is 1.61. The number of anilines is 2. The zero-order valence-electron chi connectivity index (χ0n) is 22.2. The molecular weight excluding hydrogens is 490 g/mol. The van der Waals surface area contributed by atoms with E-state index in [1.807, 2.05) is 13.8 Å². The predicted octanol–water partition coefficient (Wildman–Crippen LogP) is 3.87. The summed E-state index contributed by atoms with van der Waals surface area (Å²) in [5, 5.41) is 4.21. The van der Waals surface area contributed by atoms with Crippen molar-refractivity contribution < 1.29 is 8.42 Å². The monoisotopic (exact) mass is 527 g/mol. The molecule has 200 valence electrons. The predicted molar refractivity (Wildman–Crippen MR) is 148 cm³/mol. The molecule has 4 rings (SSSR count). The van der Waals surface area contributed by atoms with Crippen molar-refractivity contribution in [2.45, 2.75) is 71.0 Å². The average molecular weight is 528 g/mol. The number of rotatable bonds is 9. The van der Waals surface area contributed by atoms with Gasteiger partial charge in [-0.05, 0) is 78.2 Å². The van der Waals surface area contributed by atoms with E-state index in [-0.39, 0.29) is 17.4 Å². The number of sulfonamides is 1. The maximum Gasteiger partial charge on any atom is 0.261 e. The first kappa shape index (κ1) is 27.0. The number of nitrogens with one attached hydrogen (secondary N) is 2. The molecule has 0 saturated heterocycles. The molecule has 2 N–H and O–H groups in total. The van der Waals surface area contributed by atoms with Gasteiger partial charge < -0.3 is 10.2 Å². The third kappa shape index (κ3) is 6.27. The first-order valence-corrected chi connectivity index (χ1v) is 14.6. The summed E-state index contributed by atoms with van der Waals surface area (Å²) in [6.45, 7) is 5.70. The second-order valence-corrected chi connectivity index (χ2v) is 12.1. The molecule has 3 heterocycles. The molecule has 1 aliphatic carbocycles. The van der Waals surface area contributed by atoms with E-state index >= 15 is 0 Å². The quantitative estimate of drug-likeness (QED) is 0.430. The third-order valence-corrected chi connectivity index (χ3v) is 8.33. The number of hydrogen-bond donors (Lipinski definition) is 2. The molecule has 3 aromatic heterocycles. The molecule has 0 atom stereocenters. The van der Waals surface area contributed by atoms with Crippen molar-refractivity contribution in [1.82, 2.24) is 24.4 Å². The highest BCUT2D eigenvalue weighted by Gasteiger charge is 2.23. The van der Waals surface area contributed by atoms with Crippen LogP contribution in [-0.4, -0.2) is 64.8 Å². The summed E-state index contributed by atoms with van der Waals surface area (Å²) in [4.78, 5) is 29.5. The van der Waals surface area contributed by atoms with Crippen LogP contribution in [0.25, 0.3) is 22.3 Å². The van der Waals surface area contributed by atoms with Gasteiger partial charge >= 0.3 is 0 Å². The van der Waals surface area contributed by atoms with E-state index < -0.39 is 10.0 Å². The van der Waals surface area contributed by atoms with Crippen LogP contribution in [0, 0.1) is 0 Å². The number of hydrogen-bond acceptors (Lipinski definition) is 8. The smallest absolute Gasteiger partial charge is 0.261 e. The minimum absolute atomic E-state index is 0.0344. The molecule has 3 aromatic rings. The van der Waals surface area contributed by atoms with Gasteiger partial charge in [0.2, 0.25) is 16.0 Å². The van der Waals surface area contributed by atoms with E-state index in [0.717, 1.165) is 31.1 Å². The Bertz CT molecular complexity index is 1390. The maximum atomic E-state index is 13.6. The summed E-state index contributed by atoms with van der Waals surface area (Å²) < 4.78 is 28.3. The van der Waals surface area contributed by atoms with E-state index in [9.17, 15) is 13.2 Å². The molecule has 0 aliphatic heterocycles. The Labute approximate surface area is 218 Å². The fraction of sp³-hybridized carbons (Fsp3) is 0.538. The van der Waals surface area contributed by atoms with Crippen LogP contribution in [0.5, 0.6) is 0 Å². The van der Waals surface area contributed by atoms with Crippen molar-refractivity contribution in [2.75, 3.05) is 29.9 Å². The van der Waals surface area contributed by atoms with Gasteiger partial charge in [-0.3, -0.25) is 19.1 Å². The Morgan fingerprint density at radius 3 is 2.43 bits per heavy atom. The van der Waals surface area contributed by atoms with Crippen molar-refractivity contribution in [3.05, 3.63) is 40.9 Å². The molecule has 10 nitrogen and oxygen atoms in total. The van der Waals surface area contributed by atoms with Crippen LogP contribution in [0.1, 0.15) is 58.9 Å². The van der Waals surface area contributed by atoms with E-state index in [1.54, 1.807) is 35.9 Å². The Kier molecular flexibility index (Phi) is 8.13. The highest BCUT2D eigenvalue weighted by Crippen LogP contribution is 2.26. The highest BCUT2D eigenvalue weighted by molar-refractivity contribution is 7.92. The number of nitrogens with zero attached hydrogens (tertiary/aromatic N) is 5. The zero-order chi connectivity index (χ0) is 26.7.